The van der Waals surface area contributed by atoms with Crippen molar-refractivity contribution in [2.45, 2.75) is 43.4 Å². The van der Waals surface area contributed by atoms with Crippen molar-refractivity contribution >= 4 is 22.9 Å². The van der Waals surface area contributed by atoms with Gasteiger partial charge in [-0.15, -0.1) is 0 Å². The molecule has 0 aliphatic carbocycles. The molecule has 236 valence electrons. The minimum atomic E-state index is -1.23. The van der Waals surface area contributed by atoms with Crippen LogP contribution in [0.2, 0.25) is 0 Å². The van der Waals surface area contributed by atoms with E-state index in [0.29, 0.717) is 42.4 Å². The molecule has 14 nitrogen and oxygen atoms in total. The Balaban J connectivity index is 1.20. The number of aliphatic hydroxyl groups excluding tert-OH is 2. The molecular formula is C32H35N11O3. The van der Waals surface area contributed by atoms with Crippen LogP contribution in [0.15, 0.2) is 91.9 Å². The lowest BCUT2D eigenvalue weighted by Gasteiger charge is -2.20. The summed E-state index contributed by atoms with van der Waals surface area (Å²) in [7, 11) is 1.94. The molecule has 7 rings (SSSR count). The van der Waals surface area contributed by atoms with Crippen LogP contribution < -0.4 is 10.6 Å². The number of benzene rings is 2. The molecule has 4 N–H and O–H groups in total. The Kier molecular flexibility index (Phi) is 8.37. The number of aryl methyl sites for hydroxylation is 1. The third-order valence-corrected chi connectivity index (χ3v) is 8.14. The monoisotopic (exact) mass is 621 g/mol. The molecule has 1 fully saturated rings. The van der Waals surface area contributed by atoms with E-state index < -0.39 is 24.5 Å². The van der Waals surface area contributed by atoms with Gasteiger partial charge in [-0.1, -0.05) is 60.7 Å². The molecule has 0 spiro atoms. The van der Waals surface area contributed by atoms with E-state index in [2.05, 4.69) is 55.1 Å². The van der Waals surface area contributed by atoms with Gasteiger partial charge in [0.1, 0.15) is 18.3 Å². The van der Waals surface area contributed by atoms with Crippen LogP contribution in [0.5, 0.6) is 0 Å². The molecule has 2 aromatic carbocycles. The van der Waals surface area contributed by atoms with Crippen LogP contribution >= 0.6 is 0 Å². The average molecular weight is 622 g/mol. The fraction of sp³-hybridized carbons (Fsp3) is 0.312. The van der Waals surface area contributed by atoms with Gasteiger partial charge in [0.05, 0.1) is 37.3 Å². The maximum absolute atomic E-state index is 11.1. The molecule has 0 saturated carbocycles. The summed E-state index contributed by atoms with van der Waals surface area (Å²) in [6.45, 7) is 1.27. The van der Waals surface area contributed by atoms with Crippen LogP contribution in [0.1, 0.15) is 29.0 Å². The van der Waals surface area contributed by atoms with Crippen molar-refractivity contribution in [2.24, 2.45) is 7.05 Å². The van der Waals surface area contributed by atoms with Crippen LogP contribution in [-0.4, -0.2) is 85.7 Å². The molecule has 1 aliphatic heterocycles. The minimum Gasteiger partial charge on any atom is -0.387 e. The summed E-state index contributed by atoms with van der Waals surface area (Å²) in [5.41, 5.74) is 4.24. The summed E-state index contributed by atoms with van der Waals surface area (Å²) in [6.07, 6.45) is 5.00. The second kappa shape index (κ2) is 13.0. The molecule has 0 radical (unpaired) electrons. The van der Waals surface area contributed by atoms with E-state index in [4.69, 9.17) is 14.7 Å². The smallest absolute Gasteiger partial charge is 0.226 e. The lowest BCUT2D eigenvalue weighted by atomic mass is 9.91. The third-order valence-electron chi connectivity index (χ3n) is 8.14. The summed E-state index contributed by atoms with van der Waals surface area (Å²) < 4.78 is 9.71. The predicted octanol–water partition coefficient (Wildman–Crippen LogP) is 2.37. The van der Waals surface area contributed by atoms with Crippen LogP contribution in [-0.2, 0) is 24.8 Å². The highest BCUT2D eigenvalue weighted by Crippen LogP contribution is 2.34. The number of anilines is 2. The van der Waals surface area contributed by atoms with Gasteiger partial charge in [-0.2, -0.15) is 25.0 Å². The summed E-state index contributed by atoms with van der Waals surface area (Å²) in [5.74, 6) is 0.960. The molecule has 0 unspecified atom stereocenters. The van der Waals surface area contributed by atoms with Gasteiger partial charge in [0.2, 0.25) is 5.95 Å². The summed E-state index contributed by atoms with van der Waals surface area (Å²) >= 11 is 0. The number of hydrogen-bond acceptors (Lipinski definition) is 11. The number of nitrogens with zero attached hydrogens (tertiary/aromatic N) is 9. The van der Waals surface area contributed by atoms with E-state index in [-0.39, 0.29) is 12.5 Å². The van der Waals surface area contributed by atoms with E-state index in [9.17, 15) is 10.2 Å². The summed E-state index contributed by atoms with van der Waals surface area (Å²) in [4.78, 5) is 20.1. The molecule has 14 heteroatoms. The van der Waals surface area contributed by atoms with Crippen molar-refractivity contribution in [3.05, 3.63) is 109 Å². The molecule has 1 aliphatic rings. The van der Waals surface area contributed by atoms with E-state index in [1.807, 2.05) is 54.2 Å². The van der Waals surface area contributed by atoms with Gasteiger partial charge in [-0.05, 0) is 11.1 Å². The van der Waals surface area contributed by atoms with E-state index in [1.54, 1.807) is 29.6 Å². The fourth-order valence-corrected chi connectivity index (χ4v) is 5.81. The van der Waals surface area contributed by atoms with Gasteiger partial charge >= 0.3 is 0 Å². The Morgan fingerprint density at radius 1 is 0.870 bits per heavy atom. The van der Waals surface area contributed by atoms with Crippen LogP contribution in [0.25, 0.3) is 11.2 Å². The first-order valence-electron chi connectivity index (χ1n) is 15.2. The molecule has 1 saturated heterocycles. The van der Waals surface area contributed by atoms with Gasteiger partial charge in [0.25, 0.3) is 0 Å². The topological polar surface area (TPSA) is 166 Å². The first-order chi connectivity index (χ1) is 22.5. The quantitative estimate of drug-likeness (QED) is 0.158. The van der Waals surface area contributed by atoms with E-state index >= 15 is 0 Å². The molecule has 4 atom stereocenters. The fourth-order valence-electron chi connectivity index (χ4n) is 5.81. The largest absolute Gasteiger partial charge is 0.387 e. The second-order valence-electron chi connectivity index (χ2n) is 11.3. The number of hydrogen-bond donors (Lipinski definition) is 4. The van der Waals surface area contributed by atoms with Crippen LogP contribution in [0.3, 0.4) is 0 Å². The number of ether oxygens (including phenoxy) is 1. The lowest BCUT2D eigenvalue weighted by Crippen LogP contribution is -2.34. The normalized spacial score (nSPS) is 19.7. The Morgan fingerprint density at radius 2 is 1.59 bits per heavy atom. The highest BCUT2D eigenvalue weighted by atomic mass is 16.6. The predicted molar refractivity (Wildman–Crippen MR) is 170 cm³/mol. The Bertz CT molecular complexity index is 1820. The zero-order valence-electron chi connectivity index (χ0n) is 25.2. The zero-order valence-corrected chi connectivity index (χ0v) is 25.2. The zero-order chi connectivity index (χ0) is 31.5. The van der Waals surface area contributed by atoms with E-state index in [1.165, 1.54) is 15.9 Å². The Labute approximate surface area is 264 Å². The average Bonchev–Trinajstić information content (AvgIpc) is 3.89. The maximum atomic E-state index is 11.1. The van der Waals surface area contributed by atoms with Gasteiger partial charge in [-0.25, -0.2) is 9.97 Å². The van der Waals surface area contributed by atoms with Gasteiger partial charge in [-0.3, -0.25) is 4.57 Å². The number of aromatic nitrogens is 9. The highest BCUT2D eigenvalue weighted by molar-refractivity contribution is 5.84. The maximum Gasteiger partial charge on any atom is 0.226 e. The Morgan fingerprint density at radius 3 is 2.26 bits per heavy atom. The first-order valence-corrected chi connectivity index (χ1v) is 15.2. The van der Waals surface area contributed by atoms with Crippen molar-refractivity contribution < 1.29 is 14.9 Å². The summed E-state index contributed by atoms with van der Waals surface area (Å²) in [5, 5.41) is 37.0. The molecular weight excluding hydrogens is 586 g/mol. The van der Waals surface area contributed by atoms with Crippen molar-refractivity contribution in [1.82, 2.24) is 44.1 Å². The van der Waals surface area contributed by atoms with Gasteiger partial charge in [0, 0.05) is 38.7 Å². The number of fused-ring (bicyclic) bond motifs is 1. The van der Waals surface area contributed by atoms with Gasteiger partial charge in [0.15, 0.2) is 23.2 Å². The number of aliphatic hydroxyl groups is 2. The van der Waals surface area contributed by atoms with Crippen molar-refractivity contribution in [1.29, 1.82) is 0 Å². The van der Waals surface area contributed by atoms with Crippen molar-refractivity contribution in [2.75, 3.05) is 23.7 Å². The van der Waals surface area contributed by atoms with Crippen LogP contribution in [0.4, 0.5) is 11.8 Å². The third kappa shape index (κ3) is 6.18. The first kappa shape index (κ1) is 29.5. The van der Waals surface area contributed by atoms with E-state index in [0.717, 1.165) is 5.69 Å². The molecule has 46 heavy (non-hydrogen) atoms. The molecule has 0 bridgehead atoms. The number of nitrogens with one attached hydrogen (secondary N) is 2. The van der Waals surface area contributed by atoms with Gasteiger partial charge < -0.3 is 30.2 Å². The molecule has 6 aromatic rings. The van der Waals surface area contributed by atoms with Crippen molar-refractivity contribution in [3.63, 3.8) is 0 Å². The second-order valence-corrected chi connectivity index (χ2v) is 11.3. The number of rotatable bonds is 12. The van der Waals surface area contributed by atoms with Crippen LogP contribution in [0, 0.1) is 0 Å². The summed E-state index contributed by atoms with van der Waals surface area (Å²) in [6, 6.07) is 20.6. The molecule has 4 aromatic heterocycles. The molecule has 5 heterocycles. The number of imidazole rings is 2. The SMILES string of the molecule is Cn1cnc(CCNc2nc(NCC(c3ccccc3)c3ccccc3)c3ncn([C@@H]4O[C@H](Cn5nccn5)[C@@H](O)[C@H]4O)c3n2)c1. The lowest BCUT2D eigenvalue weighted by molar-refractivity contribution is -0.0413. The van der Waals surface area contributed by atoms with Crippen molar-refractivity contribution in [3.8, 4) is 0 Å². The molecule has 0 amide bonds. The standard InChI is InChI=1S/C32H35N11O3/c1-41-17-23(35-19-41)12-13-33-32-39-29(34-16-24(21-8-4-2-5-9-21)22-10-6-3-7-11-22)26-30(40-32)42(20-36-26)31-28(45)27(44)25(46-31)18-43-37-14-15-38-43/h2-11,14-15,17,19-20,24-25,27-28,31,44-45H,12-13,16,18H2,1H3,(H2,33,34,39,40)/t25-,27-,28-,31-/m1/s1. The minimum absolute atomic E-state index is 0.0434. The Hall–Kier alpha value is -5.18. The highest BCUT2D eigenvalue weighted by Gasteiger charge is 2.44.